The average Bonchev–Trinajstić information content (AvgIpc) is 2.22. The summed E-state index contributed by atoms with van der Waals surface area (Å²) in [6.45, 7) is 7.09. The zero-order valence-electron chi connectivity index (χ0n) is 9.09. The molecule has 0 aliphatic rings. The lowest BCUT2D eigenvalue weighted by Crippen LogP contribution is -2.07. The van der Waals surface area contributed by atoms with Gasteiger partial charge in [0, 0.05) is 18.9 Å². The summed E-state index contributed by atoms with van der Waals surface area (Å²) in [6.07, 6.45) is 4.84. The molecule has 0 bridgehead atoms. The Morgan fingerprint density at radius 1 is 1.31 bits per heavy atom. The first-order chi connectivity index (χ1) is 6.38. The zero-order chi connectivity index (χ0) is 10.1. The fourth-order valence-electron chi connectivity index (χ4n) is 1.14. The van der Waals surface area contributed by atoms with E-state index in [1.54, 1.807) is 0 Å². The van der Waals surface area contributed by atoms with E-state index in [0.29, 0.717) is 0 Å². The van der Waals surface area contributed by atoms with Crippen LogP contribution < -0.4 is 5.32 Å². The Morgan fingerprint density at radius 3 is 2.54 bits per heavy atom. The predicted molar refractivity (Wildman–Crippen MR) is 57.7 cm³/mol. The van der Waals surface area contributed by atoms with E-state index in [1.807, 2.05) is 33.3 Å². The van der Waals surface area contributed by atoms with Gasteiger partial charge in [0.2, 0.25) is 0 Å². The fraction of sp³-hybridized carbons (Fsp3) is 0.545. The van der Waals surface area contributed by atoms with E-state index >= 15 is 0 Å². The minimum Gasteiger partial charge on any atom is -0.316 e. The van der Waals surface area contributed by atoms with E-state index in [2.05, 4.69) is 23.3 Å². The van der Waals surface area contributed by atoms with Crippen molar-refractivity contribution in [2.45, 2.75) is 33.7 Å². The standard InChI is InChI=1S/C9H14N2.C2H6/c1-3-8-7-11-5-4-9(8)6-10-2;1-2/h4-5,7,10H,3,6H2,1-2H3;1-2H3. The summed E-state index contributed by atoms with van der Waals surface area (Å²) in [5.41, 5.74) is 2.69. The van der Waals surface area contributed by atoms with E-state index in [4.69, 9.17) is 0 Å². The maximum Gasteiger partial charge on any atom is 0.0302 e. The molecule has 0 aliphatic carbocycles. The van der Waals surface area contributed by atoms with Crippen LogP contribution in [0.5, 0.6) is 0 Å². The van der Waals surface area contributed by atoms with Gasteiger partial charge in [-0.05, 0) is 30.7 Å². The van der Waals surface area contributed by atoms with Gasteiger partial charge >= 0.3 is 0 Å². The molecule has 2 nitrogen and oxygen atoms in total. The van der Waals surface area contributed by atoms with Crippen molar-refractivity contribution >= 4 is 0 Å². The average molecular weight is 180 g/mol. The topological polar surface area (TPSA) is 24.9 Å². The zero-order valence-corrected chi connectivity index (χ0v) is 9.09. The fourth-order valence-corrected chi connectivity index (χ4v) is 1.14. The molecule has 0 fully saturated rings. The van der Waals surface area contributed by atoms with Crippen LogP contribution in [-0.4, -0.2) is 12.0 Å². The van der Waals surface area contributed by atoms with Crippen LogP contribution in [-0.2, 0) is 13.0 Å². The third-order valence-electron chi connectivity index (χ3n) is 1.75. The molecule has 0 atom stereocenters. The van der Waals surface area contributed by atoms with Crippen molar-refractivity contribution in [1.82, 2.24) is 10.3 Å². The SMILES string of the molecule is CC.CCc1cnccc1CNC. The molecule has 2 heteroatoms. The Labute approximate surface area is 81.4 Å². The Bertz CT molecular complexity index is 221. The molecular formula is C11H20N2. The van der Waals surface area contributed by atoms with Crippen LogP contribution in [0.3, 0.4) is 0 Å². The summed E-state index contributed by atoms with van der Waals surface area (Å²) >= 11 is 0. The van der Waals surface area contributed by atoms with Gasteiger partial charge in [-0.3, -0.25) is 4.98 Å². The van der Waals surface area contributed by atoms with Crippen molar-refractivity contribution in [3.05, 3.63) is 29.6 Å². The number of nitrogens with zero attached hydrogens (tertiary/aromatic N) is 1. The second kappa shape index (κ2) is 7.74. The summed E-state index contributed by atoms with van der Waals surface area (Å²) in [5, 5.41) is 3.13. The number of hydrogen-bond acceptors (Lipinski definition) is 2. The molecule has 0 aliphatic heterocycles. The molecule has 0 radical (unpaired) electrons. The highest BCUT2D eigenvalue weighted by molar-refractivity contribution is 5.22. The molecule has 0 saturated carbocycles. The van der Waals surface area contributed by atoms with Crippen molar-refractivity contribution in [3.63, 3.8) is 0 Å². The van der Waals surface area contributed by atoms with Gasteiger partial charge in [-0.1, -0.05) is 20.8 Å². The first-order valence-corrected chi connectivity index (χ1v) is 4.94. The largest absolute Gasteiger partial charge is 0.316 e. The quantitative estimate of drug-likeness (QED) is 0.772. The second-order valence-corrected chi connectivity index (χ2v) is 2.53. The number of aromatic nitrogens is 1. The molecule has 1 aromatic heterocycles. The third-order valence-corrected chi connectivity index (χ3v) is 1.75. The van der Waals surface area contributed by atoms with Gasteiger partial charge in [-0.2, -0.15) is 0 Å². The second-order valence-electron chi connectivity index (χ2n) is 2.53. The molecular weight excluding hydrogens is 160 g/mol. The molecule has 13 heavy (non-hydrogen) atoms. The third kappa shape index (κ3) is 4.04. The van der Waals surface area contributed by atoms with Crippen molar-refractivity contribution in [1.29, 1.82) is 0 Å². The van der Waals surface area contributed by atoms with Crippen LogP contribution in [0.15, 0.2) is 18.5 Å². The first kappa shape index (κ1) is 12.1. The molecule has 0 aromatic carbocycles. The molecule has 1 rings (SSSR count). The van der Waals surface area contributed by atoms with Gasteiger partial charge in [0.1, 0.15) is 0 Å². The van der Waals surface area contributed by atoms with E-state index in [-0.39, 0.29) is 0 Å². The summed E-state index contributed by atoms with van der Waals surface area (Å²) in [7, 11) is 1.96. The van der Waals surface area contributed by atoms with Crippen LogP contribution >= 0.6 is 0 Å². The minimum absolute atomic E-state index is 0.936. The Balaban J connectivity index is 0.000000671. The molecule has 0 amide bonds. The number of aryl methyl sites for hydroxylation is 1. The van der Waals surface area contributed by atoms with E-state index < -0.39 is 0 Å². The molecule has 0 unspecified atom stereocenters. The Hall–Kier alpha value is -0.890. The molecule has 1 N–H and O–H groups in total. The summed E-state index contributed by atoms with van der Waals surface area (Å²) in [6, 6.07) is 2.06. The smallest absolute Gasteiger partial charge is 0.0302 e. The highest BCUT2D eigenvalue weighted by Gasteiger charge is 1.96. The lowest BCUT2D eigenvalue weighted by molar-refractivity contribution is 0.802. The van der Waals surface area contributed by atoms with Gasteiger partial charge in [0.05, 0.1) is 0 Å². The first-order valence-electron chi connectivity index (χ1n) is 4.94. The summed E-state index contributed by atoms with van der Waals surface area (Å²) in [4.78, 5) is 4.07. The van der Waals surface area contributed by atoms with Crippen LogP contribution in [0.1, 0.15) is 31.9 Å². The maximum atomic E-state index is 4.07. The predicted octanol–water partition coefficient (Wildman–Crippen LogP) is 2.39. The lowest BCUT2D eigenvalue weighted by atomic mass is 10.1. The van der Waals surface area contributed by atoms with Gasteiger partial charge < -0.3 is 5.32 Å². The van der Waals surface area contributed by atoms with Crippen LogP contribution in [0.4, 0.5) is 0 Å². The van der Waals surface area contributed by atoms with Gasteiger partial charge in [-0.15, -0.1) is 0 Å². The summed E-state index contributed by atoms with van der Waals surface area (Å²) in [5.74, 6) is 0. The number of rotatable bonds is 3. The molecule has 1 aromatic rings. The highest BCUT2D eigenvalue weighted by Crippen LogP contribution is 2.06. The Kier molecular flexibility index (Phi) is 7.21. The van der Waals surface area contributed by atoms with Crippen LogP contribution in [0.25, 0.3) is 0 Å². The van der Waals surface area contributed by atoms with E-state index in [1.165, 1.54) is 11.1 Å². The van der Waals surface area contributed by atoms with Crippen molar-refractivity contribution in [2.75, 3.05) is 7.05 Å². The van der Waals surface area contributed by atoms with Crippen LogP contribution in [0.2, 0.25) is 0 Å². The molecule has 1 heterocycles. The van der Waals surface area contributed by atoms with Crippen molar-refractivity contribution < 1.29 is 0 Å². The van der Waals surface area contributed by atoms with Gasteiger partial charge in [0.25, 0.3) is 0 Å². The van der Waals surface area contributed by atoms with Crippen molar-refractivity contribution in [3.8, 4) is 0 Å². The van der Waals surface area contributed by atoms with Gasteiger partial charge in [0.15, 0.2) is 0 Å². The molecule has 0 saturated heterocycles. The minimum atomic E-state index is 0.936. The van der Waals surface area contributed by atoms with Crippen molar-refractivity contribution in [2.24, 2.45) is 0 Å². The normalized spacial score (nSPS) is 8.92. The van der Waals surface area contributed by atoms with Gasteiger partial charge in [-0.25, -0.2) is 0 Å². The lowest BCUT2D eigenvalue weighted by Gasteiger charge is -2.04. The molecule has 0 spiro atoms. The number of nitrogens with one attached hydrogen (secondary N) is 1. The maximum absolute atomic E-state index is 4.07. The Morgan fingerprint density at radius 2 is 2.00 bits per heavy atom. The number of hydrogen-bond donors (Lipinski definition) is 1. The molecule has 74 valence electrons. The monoisotopic (exact) mass is 180 g/mol. The van der Waals surface area contributed by atoms with Crippen LogP contribution in [0, 0.1) is 0 Å². The highest BCUT2D eigenvalue weighted by atomic mass is 14.8. The van der Waals surface area contributed by atoms with E-state index in [0.717, 1.165) is 13.0 Å². The summed E-state index contributed by atoms with van der Waals surface area (Å²) < 4.78 is 0. The number of pyridine rings is 1. The van der Waals surface area contributed by atoms with E-state index in [9.17, 15) is 0 Å².